The highest BCUT2D eigenvalue weighted by atomic mass is 32.2. The number of thiophene rings is 1. The van der Waals surface area contributed by atoms with Gasteiger partial charge < -0.3 is 5.73 Å². The minimum Gasteiger partial charge on any atom is -0.399 e. The van der Waals surface area contributed by atoms with E-state index in [9.17, 15) is 8.42 Å². The molecular formula is C13H16N2O2S3. The lowest BCUT2D eigenvalue weighted by molar-refractivity contribution is 0.583. The summed E-state index contributed by atoms with van der Waals surface area (Å²) in [6.07, 6.45) is 0. The number of nitrogen functional groups attached to an aromatic ring is 1. The van der Waals surface area contributed by atoms with E-state index in [2.05, 4.69) is 4.72 Å². The fraction of sp³-hybridized carbons (Fsp3) is 0.231. The van der Waals surface area contributed by atoms with Gasteiger partial charge in [0.25, 0.3) is 0 Å². The van der Waals surface area contributed by atoms with Crippen molar-refractivity contribution >= 4 is 38.8 Å². The third-order valence-corrected chi connectivity index (χ3v) is 5.98. The largest absolute Gasteiger partial charge is 0.399 e. The summed E-state index contributed by atoms with van der Waals surface area (Å²) in [5.41, 5.74) is 6.36. The third-order valence-electron chi connectivity index (χ3n) is 2.53. The van der Waals surface area contributed by atoms with Crippen molar-refractivity contribution in [3.8, 4) is 0 Å². The van der Waals surface area contributed by atoms with E-state index in [1.165, 1.54) is 23.1 Å². The molecule has 0 saturated heterocycles. The molecule has 2 aromatic rings. The summed E-state index contributed by atoms with van der Waals surface area (Å²) in [6.45, 7) is 0.364. The zero-order valence-electron chi connectivity index (χ0n) is 10.8. The second-order valence-corrected chi connectivity index (χ2v) is 8.27. The summed E-state index contributed by atoms with van der Waals surface area (Å²) in [7, 11) is -3.23. The van der Waals surface area contributed by atoms with E-state index in [0.29, 0.717) is 18.0 Å². The molecule has 1 aromatic heterocycles. The van der Waals surface area contributed by atoms with Crippen molar-refractivity contribution in [1.82, 2.24) is 4.72 Å². The molecule has 20 heavy (non-hydrogen) atoms. The second-order valence-electron chi connectivity index (χ2n) is 4.14. The maximum Gasteiger partial charge on any atom is 0.212 e. The molecule has 3 N–H and O–H groups in total. The molecule has 108 valence electrons. The van der Waals surface area contributed by atoms with Crippen LogP contribution in [0.5, 0.6) is 0 Å². The van der Waals surface area contributed by atoms with E-state index in [0.717, 1.165) is 9.77 Å². The molecule has 1 heterocycles. The molecule has 0 spiro atoms. The monoisotopic (exact) mass is 328 g/mol. The predicted molar refractivity (Wildman–Crippen MR) is 86.5 cm³/mol. The summed E-state index contributed by atoms with van der Waals surface area (Å²) < 4.78 is 26.3. The maximum atomic E-state index is 11.8. The Hall–Kier alpha value is -1.02. The van der Waals surface area contributed by atoms with Crippen LogP contribution >= 0.6 is 23.1 Å². The number of nitrogens with two attached hydrogens (primary N) is 1. The fourth-order valence-corrected chi connectivity index (χ4v) is 4.64. The molecule has 2 rings (SSSR count). The summed E-state index contributed by atoms with van der Waals surface area (Å²) >= 11 is 3.03. The van der Waals surface area contributed by atoms with E-state index in [4.69, 9.17) is 5.73 Å². The highest BCUT2D eigenvalue weighted by Crippen LogP contribution is 2.20. The van der Waals surface area contributed by atoms with Crippen molar-refractivity contribution in [3.63, 3.8) is 0 Å². The molecule has 0 aliphatic rings. The van der Waals surface area contributed by atoms with Crippen LogP contribution in [-0.2, 0) is 16.6 Å². The van der Waals surface area contributed by atoms with Crippen LogP contribution in [0.15, 0.2) is 46.7 Å². The van der Waals surface area contributed by atoms with Crippen LogP contribution in [0.3, 0.4) is 0 Å². The van der Waals surface area contributed by atoms with Crippen molar-refractivity contribution in [3.05, 3.63) is 46.7 Å². The Morgan fingerprint density at radius 1 is 1.25 bits per heavy atom. The van der Waals surface area contributed by atoms with Gasteiger partial charge in [0.15, 0.2) is 0 Å². The standard InChI is InChI=1S/C13H16N2O2S3/c14-11-3-1-4-12(9-11)19-7-8-20(16,17)15-10-13-5-2-6-18-13/h1-6,9,15H,7-8,10,14H2. The van der Waals surface area contributed by atoms with Crippen molar-refractivity contribution in [2.45, 2.75) is 11.4 Å². The third kappa shape index (κ3) is 5.16. The topological polar surface area (TPSA) is 72.2 Å². The van der Waals surface area contributed by atoms with E-state index in [1.807, 2.05) is 41.8 Å². The van der Waals surface area contributed by atoms with E-state index < -0.39 is 10.0 Å². The van der Waals surface area contributed by atoms with Gasteiger partial charge in [0.2, 0.25) is 10.0 Å². The lowest BCUT2D eigenvalue weighted by atomic mass is 10.3. The van der Waals surface area contributed by atoms with Gasteiger partial charge in [0.1, 0.15) is 0 Å². The summed E-state index contributed by atoms with van der Waals surface area (Å²) in [6, 6.07) is 11.3. The molecule has 7 heteroatoms. The van der Waals surface area contributed by atoms with Crippen LogP contribution in [-0.4, -0.2) is 19.9 Å². The van der Waals surface area contributed by atoms with Crippen molar-refractivity contribution in [1.29, 1.82) is 0 Å². The first-order valence-corrected chi connectivity index (χ1v) is 9.55. The number of thioether (sulfide) groups is 1. The minimum absolute atomic E-state index is 0.0951. The van der Waals surface area contributed by atoms with Crippen LogP contribution in [0.2, 0.25) is 0 Å². The Bertz CT molecular complexity index is 639. The molecule has 0 saturated carbocycles. The molecular weight excluding hydrogens is 312 g/mol. The zero-order valence-corrected chi connectivity index (χ0v) is 13.2. The molecule has 0 amide bonds. The molecule has 0 aliphatic heterocycles. The van der Waals surface area contributed by atoms with Gasteiger partial charge in [0, 0.05) is 27.8 Å². The average Bonchev–Trinajstić information content (AvgIpc) is 2.89. The Morgan fingerprint density at radius 3 is 2.80 bits per heavy atom. The first kappa shape index (κ1) is 15.4. The number of hydrogen-bond donors (Lipinski definition) is 2. The van der Waals surface area contributed by atoms with Gasteiger partial charge in [-0.1, -0.05) is 12.1 Å². The number of benzene rings is 1. The van der Waals surface area contributed by atoms with Crippen LogP contribution < -0.4 is 10.5 Å². The van der Waals surface area contributed by atoms with Gasteiger partial charge >= 0.3 is 0 Å². The van der Waals surface area contributed by atoms with Crippen LogP contribution in [0.25, 0.3) is 0 Å². The Kier molecular flexibility index (Phi) is 5.47. The molecule has 0 bridgehead atoms. The quantitative estimate of drug-likeness (QED) is 0.605. The fourth-order valence-electron chi connectivity index (χ4n) is 1.54. The van der Waals surface area contributed by atoms with Gasteiger partial charge in [-0.25, -0.2) is 13.1 Å². The Balaban J connectivity index is 1.77. The number of rotatable bonds is 7. The summed E-state index contributed by atoms with van der Waals surface area (Å²) in [5, 5.41) is 1.93. The highest BCUT2D eigenvalue weighted by Gasteiger charge is 2.10. The zero-order chi connectivity index (χ0) is 14.4. The second kappa shape index (κ2) is 7.12. The molecule has 0 atom stereocenters. The van der Waals surface area contributed by atoms with E-state index in [1.54, 1.807) is 0 Å². The Labute approximate surface area is 127 Å². The molecule has 0 radical (unpaired) electrons. The molecule has 4 nitrogen and oxygen atoms in total. The van der Waals surface area contributed by atoms with Crippen molar-refractivity contribution in [2.75, 3.05) is 17.2 Å². The first-order chi connectivity index (χ1) is 9.55. The lowest BCUT2D eigenvalue weighted by Gasteiger charge is -2.06. The van der Waals surface area contributed by atoms with Crippen molar-refractivity contribution < 1.29 is 8.42 Å². The maximum absolute atomic E-state index is 11.8. The number of hydrogen-bond acceptors (Lipinski definition) is 5. The number of nitrogens with one attached hydrogen (secondary N) is 1. The van der Waals surface area contributed by atoms with Gasteiger partial charge in [-0.2, -0.15) is 0 Å². The van der Waals surface area contributed by atoms with Crippen LogP contribution in [0.1, 0.15) is 4.88 Å². The van der Waals surface area contributed by atoms with Crippen LogP contribution in [0.4, 0.5) is 5.69 Å². The molecule has 0 unspecified atom stereocenters. The number of anilines is 1. The predicted octanol–water partition coefficient (Wildman–Crippen LogP) is 2.54. The van der Waals surface area contributed by atoms with E-state index in [-0.39, 0.29) is 5.75 Å². The first-order valence-electron chi connectivity index (χ1n) is 6.03. The molecule has 1 aromatic carbocycles. The van der Waals surface area contributed by atoms with Crippen LogP contribution in [0, 0.1) is 0 Å². The average molecular weight is 328 g/mol. The summed E-state index contributed by atoms with van der Waals surface area (Å²) in [5.74, 6) is 0.598. The van der Waals surface area contributed by atoms with Gasteiger partial charge in [-0.3, -0.25) is 0 Å². The SMILES string of the molecule is Nc1cccc(SCCS(=O)(=O)NCc2cccs2)c1. The Morgan fingerprint density at radius 2 is 2.10 bits per heavy atom. The molecule has 0 fully saturated rings. The smallest absolute Gasteiger partial charge is 0.212 e. The normalized spacial score (nSPS) is 11.6. The van der Waals surface area contributed by atoms with Gasteiger partial charge in [0.05, 0.1) is 5.75 Å². The highest BCUT2D eigenvalue weighted by molar-refractivity contribution is 8.00. The summed E-state index contributed by atoms with van der Waals surface area (Å²) in [4.78, 5) is 2.00. The number of sulfonamides is 1. The minimum atomic E-state index is -3.23. The lowest BCUT2D eigenvalue weighted by Crippen LogP contribution is -2.26. The van der Waals surface area contributed by atoms with Gasteiger partial charge in [-0.15, -0.1) is 23.1 Å². The van der Waals surface area contributed by atoms with Crippen molar-refractivity contribution in [2.24, 2.45) is 0 Å². The van der Waals surface area contributed by atoms with Gasteiger partial charge in [-0.05, 0) is 29.6 Å². The molecule has 0 aliphatic carbocycles. The van der Waals surface area contributed by atoms with E-state index >= 15 is 0 Å².